The molecule has 0 bridgehead atoms. The van der Waals surface area contributed by atoms with E-state index in [0.717, 1.165) is 24.5 Å². The number of rotatable bonds is 1. The van der Waals surface area contributed by atoms with Crippen molar-refractivity contribution in [2.24, 2.45) is 0 Å². The number of nitrogens with zero attached hydrogens (tertiary/aromatic N) is 1. The standard InChI is InChI=1S/C15H15ClN2O/c16-12-5-6-14(13(17)9-12)18-7-8-19-15-4-2-1-3-11(15)10-18/h1-6,9H,7-8,10,17H2. The molecule has 0 unspecified atom stereocenters. The number of ether oxygens (including phenoxy) is 1. The van der Waals surface area contributed by atoms with Crippen molar-refractivity contribution in [3.8, 4) is 5.75 Å². The van der Waals surface area contributed by atoms with Crippen LogP contribution in [0.25, 0.3) is 0 Å². The van der Waals surface area contributed by atoms with E-state index in [1.807, 2.05) is 30.3 Å². The van der Waals surface area contributed by atoms with Gasteiger partial charge in [-0.2, -0.15) is 0 Å². The molecule has 1 aliphatic rings. The number of hydrogen-bond donors (Lipinski definition) is 1. The van der Waals surface area contributed by atoms with Crippen molar-refractivity contribution in [3.63, 3.8) is 0 Å². The van der Waals surface area contributed by atoms with Crippen molar-refractivity contribution in [1.82, 2.24) is 0 Å². The summed E-state index contributed by atoms with van der Waals surface area (Å²) in [5.41, 5.74) is 8.94. The van der Waals surface area contributed by atoms with Crippen molar-refractivity contribution in [1.29, 1.82) is 0 Å². The molecule has 19 heavy (non-hydrogen) atoms. The van der Waals surface area contributed by atoms with Crippen molar-refractivity contribution >= 4 is 23.0 Å². The van der Waals surface area contributed by atoms with Gasteiger partial charge >= 0.3 is 0 Å². The average molecular weight is 275 g/mol. The Kier molecular flexibility index (Phi) is 3.22. The van der Waals surface area contributed by atoms with E-state index >= 15 is 0 Å². The van der Waals surface area contributed by atoms with E-state index in [2.05, 4.69) is 11.0 Å². The number of hydrogen-bond acceptors (Lipinski definition) is 3. The fraction of sp³-hybridized carbons (Fsp3) is 0.200. The van der Waals surface area contributed by atoms with Gasteiger partial charge in [0.05, 0.1) is 17.9 Å². The van der Waals surface area contributed by atoms with Crippen molar-refractivity contribution in [2.45, 2.75) is 6.54 Å². The minimum atomic E-state index is 0.652. The first-order valence-corrected chi connectivity index (χ1v) is 6.62. The van der Waals surface area contributed by atoms with E-state index in [0.29, 0.717) is 17.3 Å². The van der Waals surface area contributed by atoms with E-state index in [9.17, 15) is 0 Å². The molecule has 3 nitrogen and oxygen atoms in total. The van der Waals surface area contributed by atoms with Crippen LogP contribution in [0.3, 0.4) is 0 Å². The molecule has 0 saturated carbocycles. The van der Waals surface area contributed by atoms with E-state index in [4.69, 9.17) is 22.1 Å². The Morgan fingerprint density at radius 1 is 1.16 bits per heavy atom. The lowest BCUT2D eigenvalue weighted by molar-refractivity contribution is 0.331. The molecule has 4 heteroatoms. The van der Waals surface area contributed by atoms with Gasteiger partial charge < -0.3 is 15.4 Å². The van der Waals surface area contributed by atoms with Gasteiger partial charge in [-0.25, -0.2) is 0 Å². The first-order chi connectivity index (χ1) is 9.24. The van der Waals surface area contributed by atoms with Crippen molar-refractivity contribution in [2.75, 3.05) is 23.8 Å². The Labute approximate surface area is 117 Å². The number of para-hydroxylation sites is 1. The second kappa shape index (κ2) is 5.02. The molecule has 1 heterocycles. The maximum Gasteiger partial charge on any atom is 0.124 e. The maximum absolute atomic E-state index is 6.06. The average Bonchev–Trinajstić information content (AvgIpc) is 2.60. The van der Waals surface area contributed by atoms with Crippen LogP contribution in [0, 0.1) is 0 Å². The SMILES string of the molecule is Nc1cc(Cl)ccc1N1CCOc2ccccc2C1. The largest absolute Gasteiger partial charge is 0.491 e. The molecular weight excluding hydrogens is 260 g/mol. The molecule has 0 aliphatic carbocycles. The molecule has 0 amide bonds. The normalized spacial score (nSPS) is 14.5. The van der Waals surface area contributed by atoms with Gasteiger partial charge in [0.2, 0.25) is 0 Å². The highest BCUT2D eigenvalue weighted by Gasteiger charge is 2.16. The van der Waals surface area contributed by atoms with Crippen LogP contribution < -0.4 is 15.4 Å². The van der Waals surface area contributed by atoms with Crippen LogP contribution in [0.1, 0.15) is 5.56 Å². The van der Waals surface area contributed by atoms with Gasteiger partial charge in [-0.1, -0.05) is 29.8 Å². The Bertz CT molecular complexity index is 600. The third kappa shape index (κ3) is 2.47. The third-order valence-corrected chi connectivity index (χ3v) is 3.52. The number of benzene rings is 2. The number of fused-ring (bicyclic) bond motifs is 1. The van der Waals surface area contributed by atoms with Gasteiger partial charge in [-0.15, -0.1) is 0 Å². The number of nitrogens with two attached hydrogens (primary N) is 1. The molecule has 2 aromatic carbocycles. The molecule has 0 atom stereocenters. The second-order valence-electron chi connectivity index (χ2n) is 4.58. The molecule has 3 rings (SSSR count). The van der Waals surface area contributed by atoms with Gasteiger partial charge in [0.25, 0.3) is 0 Å². The lowest BCUT2D eigenvalue weighted by atomic mass is 10.1. The minimum absolute atomic E-state index is 0.652. The van der Waals surface area contributed by atoms with Gasteiger partial charge in [-0.05, 0) is 24.3 Å². The zero-order valence-corrected chi connectivity index (χ0v) is 11.2. The lowest BCUT2D eigenvalue weighted by Gasteiger charge is -2.23. The molecule has 0 fully saturated rings. The number of nitrogen functional groups attached to an aromatic ring is 1. The first-order valence-electron chi connectivity index (χ1n) is 6.25. The minimum Gasteiger partial charge on any atom is -0.491 e. The molecule has 2 aromatic rings. The highest BCUT2D eigenvalue weighted by atomic mass is 35.5. The lowest BCUT2D eigenvalue weighted by Crippen LogP contribution is -2.26. The predicted octanol–water partition coefficient (Wildman–Crippen LogP) is 3.32. The zero-order chi connectivity index (χ0) is 13.2. The summed E-state index contributed by atoms with van der Waals surface area (Å²) in [5, 5.41) is 0.660. The summed E-state index contributed by atoms with van der Waals surface area (Å²) in [6.07, 6.45) is 0. The summed E-state index contributed by atoms with van der Waals surface area (Å²) in [7, 11) is 0. The van der Waals surface area contributed by atoms with Crippen LogP contribution in [-0.4, -0.2) is 13.2 Å². The molecule has 2 N–H and O–H groups in total. The summed E-state index contributed by atoms with van der Waals surface area (Å²) in [6, 6.07) is 13.7. The van der Waals surface area contributed by atoms with Crippen LogP contribution in [0.5, 0.6) is 5.75 Å². The van der Waals surface area contributed by atoms with Crippen LogP contribution in [0.2, 0.25) is 5.02 Å². The maximum atomic E-state index is 6.06. The summed E-state index contributed by atoms with van der Waals surface area (Å²) in [5.74, 6) is 0.956. The Balaban J connectivity index is 1.94. The van der Waals surface area contributed by atoms with Gasteiger partial charge in [0, 0.05) is 17.1 Å². The molecule has 1 aliphatic heterocycles. The second-order valence-corrected chi connectivity index (χ2v) is 5.02. The Morgan fingerprint density at radius 3 is 2.84 bits per heavy atom. The first kappa shape index (κ1) is 12.2. The van der Waals surface area contributed by atoms with Gasteiger partial charge in [0.1, 0.15) is 12.4 Å². The summed E-state index contributed by atoms with van der Waals surface area (Å²) in [4.78, 5) is 2.22. The molecule has 0 saturated heterocycles. The molecule has 0 radical (unpaired) electrons. The predicted molar refractivity (Wildman–Crippen MR) is 78.9 cm³/mol. The van der Waals surface area contributed by atoms with Crippen LogP contribution >= 0.6 is 11.6 Å². The molecule has 0 spiro atoms. The van der Waals surface area contributed by atoms with Crippen molar-refractivity contribution in [3.05, 3.63) is 53.1 Å². The quantitative estimate of drug-likeness (QED) is 0.811. The summed E-state index contributed by atoms with van der Waals surface area (Å²) < 4.78 is 5.76. The highest BCUT2D eigenvalue weighted by Crippen LogP contribution is 2.30. The van der Waals surface area contributed by atoms with E-state index < -0.39 is 0 Å². The molecule has 98 valence electrons. The number of anilines is 2. The topological polar surface area (TPSA) is 38.5 Å². The van der Waals surface area contributed by atoms with Crippen LogP contribution in [0.4, 0.5) is 11.4 Å². The Hall–Kier alpha value is -1.87. The monoisotopic (exact) mass is 274 g/mol. The third-order valence-electron chi connectivity index (χ3n) is 3.28. The van der Waals surface area contributed by atoms with E-state index in [-0.39, 0.29) is 0 Å². The summed E-state index contributed by atoms with van der Waals surface area (Å²) in [6.45, 7) is 2.25. The number of halogens is 1. The smallest absolute Gasteiger partial charge is 0.124 e. The Morgan fingerprint density at radius 2 is 2.00 bits per heavy atom. The fourth-order valence-electron chi connectivity index (χ4n) is 2.34. The van der Waals surface area contributed by atoms with Gasteiger partial charge in [-0.3, -0.25) is 0 Å². The van der Waals surface area contributed by atoms with E-state index in [1.165, 1.54) is 5.56 Å². The van der Waals surface area contributed by atoms with Crippen LogP contribution in [0.15, 0.2) is 42.5 Å². The molecule has 0 aromatic heterocycles. The van der Waals surface area contributed by atoms with Crippen molar-refractivity contribution < 1.29 is 4.74 Å². The van der Waals surface area contributed by atoms with E-state index in [1.54, 1.807) is 6.07 Å². The highest BCUT2D eigenvalue weighted by molar-refractivity contribution is 6.31. The van der Waals surface area contributed by atoms with Gasteiger partial charge in [0.15, 0.2) is 0 Å². The fourth-order valence-corrected chi connectivity index (χ4v) is 2.53. The summed E-state index contributed by atoms with van der Waals surface area (Å²) >= 11 is 5.95. The molecular formula is C15H15ClN2O. The zero-order valence-electron chi connectivity index (χ0n) is 10.5. The van der Waals surface area contributed by atoms with Crippen LogP contribution in [-0.2, 0) is 6.54 Å².